The van der Waals surface area contributed by atoms with Crippen LogP contribution >= 0.6 is 0 Å². The van der Waals surface area contributed by atoms with E-state index in [1.807, 2.05) is 6.08 Å². The van der Waals surface area contributed by atoms with E-state index in [9.17, 15) is 4.79 Å². The van der Waals surface area contributed by atoms with Crippen LogP contribution in [0.2, 0.25) is 0 Å². The number of pyridine rings is 1. The fraction of sp³-hybridized carbons (Fsp3) is 0.179. The van der Waals surface area contributed by atoms with Gasteiger partial charge in [-0.1, -0.05) is 79.7 Å². The van der Waals surface area contributed by atoms with Gasteiger partial charge in [0.15, 0.2) is 0 Å². The number of hydrogen-bond acceptors (Lipinski definition) is 3. The Morgan fingerprint density at radius 3 is 1.86 bits per heavy atom. The number of esters is 1. The lowest BCUT2D eigenvalue weighted by atomic mass is 9.98. The lowest BCUT2D eigenvalue weighted by Gasteiger charge is -2.14. The monoisotopic (exact) mass is 575 g/mol. The molecule has 3 aromatic heterocycles. The van der Waals surface area contributed by atoms with Crippen molar-refractivity contribution < 1.29 is 9.53 Å². The molecule has 216 valence electrons. The molecule has 1 aliphatic carbocycles. The number of hydrogen-bond donors (Lipinski definition) is 0. The molecule has 7 aromatic rings. The lowest BCUT2D eigenvalue weighted by Crippen LogP contribution is -2.19. The van der Waals surface area contributed by atoms with E-state index in [1.165, 1.54) is 10.8 Å². The normalized spacial score (nSPS) is 18.4. The Balaban J connectivity index is 1.19. The zero-order valence-electron chi connectivity index (χ0n) is 24.7. The van der Waals surface area contributed by atoms with Crippen molar-refractivity contribution in [1.29, 1.82) is 0 Å². The predicted octanol–water partition coefficient (Wildman–Crippen LogP) is 9.17. The molecule has 0 N–H and O–H groups in total. The molecule has 5 nitrogen and oxygen atoms in total. The number of benzene rings is 4. The van der Waals surface area contributed by atoms with Gasteiger partial charge in [-0.05, 0) is 72.7 Å². The molecule has 1 saturated carbocycles. The molecule has 3 atom stereocenters. The molecule has 5 heteroatoms. The second-order valence-electron chi connectivity index (χ2n) is 12.1. The van der Waals surface area contributed by atoms with Crippen LogP contribution in [0.4, 0.5) is 0 Å². The summed E-state index contributed by atoms with van der Waals surface area (Å²) in [7, 11) is 0. The Morgan fingerprint density at radius 2 is 1.30 bits per heavy atom. The summed E-state index contributed by atoms with van der Waals surface area (Å²) < 4.78 is 10.3. The minimum Gasteiger partial charge on any atom is -0.461 e. The van der Waals surface area contributed by atoms with Gasteiger partial charge >= 0.3 is 5.97 Å². The van der Waals surface area contributed by atoms with Crippen molar-refractivity contribution in [1.82, 2.24) is 14.1 Å². The number of carbonyl (C=O) groups is 1. The van der Waals surface area contributed by atoms with Gasteiger partial charge in [0, 0.05) is 21.5 Å². The number of carbonyl (C=O) groups excluding carboxylic acids is 1. The van der Waals surface area contributed by atoms with E-state index in [0.717, 1.165) is 62.9 Å². The molecule has 0 aliphatic heterocycles. The molecule has 44 heavy (non-hydrogen) atoms. The fourth-order valence-corrected chi connectivity index (χ4v) is 7.27. The molecule has 0 amide bonds. The number of rotatable bonds is 6. The maximum atomic E-state index is 13.0. The Hall–Kier alpha value is -5.16. The highest BCUT2D eigenvalue weighted by molar-refractivity contribution is 6.10. The van der Waals surface area contributed by atoms with E-state index in [1.54, 1.807) is 0 Å². The second-order valence-corrected chi connectivity index (χ2v) is 12.1. The molecule has 8 rings (SSSR count). The summed E-state index contributed by atoms with van der Waals surface area (Å²) in [4.78, 5) is 18.2. The molecule has 4 aromatic carbocycles. The maximum Gasteiger partial charge on any atom is 0.309 e. The Morgan fingerprint density at radius 1 is 0.750 bits per heavy atom. The fourth-order valence-electron chi connectivity index (χ4n) is 7.27. The van der Waals surface area contributed by atoms with E-state index in [4.69, 9.17) is 9.72 Å². The van der Waals surface area contributed by atoms with Gasteiger partial charge in [0.05, 0.1) is 28.0 Å². The summed E-state index contributed by atoms with van der Waals surface area (Å²) >= 11 is 0. The van der Waals surface area contributed by atoms with E-state index in [0.29, 0.717) is 11.8 Å². The molecule has 1 fully saturated rings. The van der Waals surface area contributed by atoms with Gasteiger partial charge in [-0.15, -0.1) is 6.58 Å². The molecular formula is C39H33N3O2. The first-order valence-corrected chi connectivity index (χ1v) is 15.4. The van der Waals surface area contributed by atoms with E-state index >= 15 is 0 Å². The van der Waals surface area contributed by atoms with Crippen LogP contribution in [0, 0.1) is 17.8 Å². The Labute approximate surface area is 256 Å². The Bertz CT molecular complexity index is 2170. The minimum absolute atomic E-state index is 0.0588. The van der Waals surface area contributed by atoms with Gasteiger partial charge in [-0.2, -0.15) is 0 Å². The van der Waals surface area contributed by atoms with Crippen molar-refractivity contribution in [3.05, 3.63) is 127 Å². The zero-order chi connectivity index (χ0) is 29.8. The standard InChI is InChI=1S/C39H33N3O2/c1-3-26-21-25(2)31(22-26)39(43)44-24-27-19-20-36-32(23-27)30-13-6-9-16-35(30)42(36)38-18-10-17-37(40-38)41-33-14-7-4-11-28(33)29-12-5-8-15-34(29)41/h3-20,23,25-26,31H,1,21-22,24H2,2H3. The first kappa shape index (κ1) is 26.5. The third-order valence-electron chi connectivity index (χ3n) is 9.43. The van der Waals surface area contributed by atoms with Gasteiger partial charge in [0.1, 0.15) is 18.2 Å². The highest BCUT2D eigenvalue weighted by atomic mass is 16.5. The maximum absolute atomic E-state index is 13.0. The summed E-state index contributed by atoms with van der Waals surface area (Å²) in [5, 5.41) is 4.67. The van der Waals surface area contributed by atoms with Crippen LogP contribution in [0.3, 0.4) is 0 Å². The van der Waals surface area contributed by atoms with E-state index in [2.05, 4.69) is 132 Å². The number of allylic oxidation sites excluding steroid dienone is 1. The smallest absolute Gasteiger partial charge is 0.309 e. The summed E-state index contributed by atoms with van der Waals surface area (Å²) in [6.45, 7) is 6.33. The van der Waals surface area contributed by atoms with E-state index in [-0.39, 0.29) is 18.5 Å². The molecule has 0 radical (unpaired) electrons. The van der Waals surface area contributed by atoms with Crippen molar-refractivity contribution in [3.63, 3.8) is 0 Å². The lowest BCUT2D eigenvalue weighted by molar-refractivity contribution is -0.151. The van der Waals surface area contributed by atoms with Crippen molar-refractivity contribution >= 4 is 49.6 Å². The third kappa shape index (κ3) is 4.22. The molecule has 0 bridgehead atoms. The van der Waals surface area contributed by atoms with Crippen LogP contribution in [0.5, 0.6) is 0 Å². The molecule has 0 saturated heterocycles. The number of nitrogens with zero attached hydrogens (tertiary/aromatic N) is 3. The van der Waals surface area contributed by atoms with Crippen LogP contribution < -0.4 is 0 Å². The van der Waals surface area contributed by atoms with Crippen molar-refractivity contribution in [2.45, 2.75) is 26.4 Å². The van der Waals surface area contributed by atoms with Gasteiger partial charge in [0.25, 0.3) is 0 Å². The molecule has 1 aliphatic rings. The summed E-state index contributed by atoms with van der Waals surface area (Å²) in [6.07, 6.45) is 3.80. The average Bonchev–Trinajstić information content (AvgIpc) is 3.72. The highest BCUT2D eigenvalue weighted by Gasteiger charge is 2.35. The average molecular weight is 576 g/mol. The number of aromatic nitrogens is 3. The third-order valence-corrected chi connectivity index (χ3v) is 9.43. The SMILES string of the molecule is C=CC1CC(C)C(C(=O)OCc2ccc3c(c2)c2ccccc2n3-c2cccc(-n3c4ccccc4c4ccccc43)n2)C1. The largest absolute Gasteiger partial charge is 0.461 e. The number of para-hydroxylation sites is 3. The van der Waals surface area contributed by atoms with Crippen molar-refractivity contribution in [2.24, 2.45) is 17.8 Å². The second kappa shape index (κ2) is 10.5. The van der Waals surface area contributed by atoms with Crippen LogP contribution in [0.1, 0.15) is 25.3 Å². The topological polar surface area (TPSA) is 49.0 Å². The van der Waals surface area contributed by atoms with Gasteiger partial charge in [-0.3, -0.25) is 13.9 Å². The summed E-state index contributed by atoms with van der Waals surface area (Å²) in [5.74, 6) is 2.27. The van der Waals surface area contributed by atoms with Crippen LogP contribution in [-0.4, -0.2) is 20.1 Å². The first-order valence-electron chi connectivity index (χ1n) is 15.4. The predicted molar refractivity (Wildman–Crippen MR) is 178 cm³/mol. The summed E-state index contributed by atoms with van der Waals surface area (Å²) in [5.41, 5.74) is 5.38. The zero-order valence-corrected chi connectivity index (χ0v) is 24.7. The Kier molecular flexibility index (Phi) is 6.33. The summed E-state index contributed by atoms with van der Waals surface area (Å²) in [6, 6.07) is 38.0. The molecule has 0 spiro atoms. The van der Waals surface area contributed by atoms with Crippen molar-refractivity contribution in [3.8, 4) is 11.6 Å². The van der Waals surface area contributed by atoms with Gasteiger partial charge < -0.3 is 4.74 Å². The highest BCUT2D eigenvalue weighted by Crippen LogP contribution is 2.38. The van der Waals surface area contributed by atoms with E-state index < -0.39 is 0 Å². The molecular weight excluding hydrogens is 542 g/mol. The minimum atomic E-state index is -0.101. The molecule has 3 unspecified atom stereocenters. The van der Waals surface area contributed by atoms with Crippen LogP contribution in [0.15, 0.2) is 122 Å². The number of fused-ring (bicyclic) bond motifs is 6. The van der Waals surface area contributed by atoms with Gasteiger partial charge in [-0.25, -0.2) is 4.98 Å². The van der Waals surface area contributed by atoms with Gasteiger partial charge in [0.2, 0.25) is 0 Å². The number of ether oxygens (including phenoxy) is 1. The van der Waals surface area contributed by atoms with Crippen LogP contribution in [0.25, 0.3) is 55.2 Å². The van der Waals surface area contributed by atoms with Crippen molar-refractivity contribution in [2.75, 3.05) is 0 Å². The van der Waals surface area contributed by atoms with Crippen LogP contribution in [-0.2, 0) is 16.1 Å². The molecule has 3 heterocycles. The first-order chi connectivity index (χ1) is 21.6. The quantitative estimate of drug-likeness (QED) is 0.147.